The van der Waals surface area contributed by atoms with Gasteiger partial charge in [0.2, 0.25) is 5.91 Å². The summed E-state index contributed by atoms with van der Waals surface area (Å²) in [6.07, 6.45) is 20.3. The van der Waals surface area contributed by atoms with E-state index in [1.807, 2.05) is 57.8 Å². The number of ether oxygens (including phenoxy) is 1. The van der Waals surface area contributed by atoms with Crippen LogP contribution in [-0.4, -0.2) is 40.0 Å². The SMILES string of the molecule is C=CCOC(=O)C1=C(CC[C]2[CH][CH][CH][CH]2)S[C@@H]2[C@@H]([C@@H](C)O)C(=O)N12.[CH]1[CH][CH][CH][CH]1.[Fe+2]. The zero-order chi connectivity index (χ0) is 20.8. The van der Waals surface area contributed by atoms with Gasteiger partial charge in [-0.15, -0.1) is 11.8 Å². The smallest absolute Gasteiger partial charge is 0.457 e. The summed E-state index contributed by atoms with van der Waals surface area (Å²) in [5.41, 5.74) is 0.334. The molecule has 1 saturated heterocycles. The van der Waals surface area contributed by atoms with E-state index in [0.717, 1.165) is 11.3 Å². The maximum Gasteiger partial charge on any atom is 2.00 e. The van der Waals surface area contributed by atoms with Crippen molar-refractivity contribution in [1.29, 1.82) is 0 Å². The summed E-state index contributed by atoms with van der Waals surface area (Å²) in [4.78, 5) is 27.1. The molecule has 158 valence electrons. The summed E-state index contributed by atoms with van der Waals surface area (Å²) in [5, 5.41) is 9.60. The Bertz CT molecular complexity index is 634. The molecule has 5 nitrogen and oxygen atoms in total. The van der Waals surface area contributed by atoms with E-state index in [2.05, 4.69) is 6.58 Å². The van der Waals surface area contributed by atoms with E-state index in [1.54, 1.807) is 6.92 Å². The first-order valence-electron chi connectivity index (χ1n) is 9.60. The number of esters is 1. The van der Waals surface area contributed by atoms with E-state index in [0.29, 0.717) is 12.1 Å². The molecule has 0 aromatic rings. The summed E-state index contributed by atoms with van der Waals surface area (Å²) >= 11 is 1.49. The molecular formula is C23H25FeNO4S+2. The van der Waals surface area contributed by atoms with E-state index in [1.165, 1.54) is 28.7 Å². The van der Waals surface area contributed by atoms with Gasteiger partial charge in [0, 0.05) is 4.91 Å². The molecule has 4 rings (SSSR count). The first-order valence-corrected chi connectivity index (χ1v) is 10.5. The number of amides is 1. The Labute approximate surface area is 195 Å². The number of carbonyl (C=O) groups excluding carboxylic acids is 2. The van der Waals surface area contributed by atoms with E-state index in [9.17, 15) is 14.7 Å². The Balaban J connectivity index is 0.000000468. The van der Waals surface area contributed by atoms with Crippen LogP contribution in [0.2, 0.25) is 0 Å². The van der Waals surface area contributed by atoms with Crippen LogP contribution in [0.1, 0.15) is 19.8 Å². The van der Waals surface area contributed by atoms with E-state index >= 15 is 0 Å². The van der Waals surface area contributed by atoms with Crippen LogP contribution >= 0.6 is 11.8 Å². The van der Waals surface area contributed by atoms with Gasteiger partial charge in [0.25, 0.3) is 0 Å². The van der Waals surface area contributed by atoms with Crippen molar-refractivity contribution < 1.29 is 36.5 Å². The van der Waals surface area contributed by atoms with Gasteiger partial charge in [-0.25, -0.2) is 4.79 Å². The average Bonchev–Trinajstić information content (AvgIpc) is 3.45. The summed E-state index contributed by atoms with van der Waals surface area (Å²) in [6, 6.07) is 0. The van der Waals surface area contributed by atoms with Crippen LogP contribution in [0.25, 0.3) is 0 Å². The standard InChI is InChI=1S/C18H20NO4S.C5H5.Fe/c1-3-10-23-18(22)15-13(9-8-12-6-4-5-7-12)24-17-14(11(2)20)16(21)19(15)17;1-2-4-5-3-1;/h3-7,11,14,17,20H,1,8-10H2,2H3;1-5H;/q;;+2/t11-,14+,17-;;/m1../s1. The third kappa shape index (κ3) is 5.93. The van der Waals surface area contributed by atoms with Gasteiger partial charge >= 0.3 is 23.0 Å². The van der Waals surface area contributed by atoms with Gasteiger partial charge < -0.3 is 9.84 Å². The minimum Gasteiger partial charge on any atom is -0.457 e. The third-order valence-electron chi connectivity index (χ3n) is 4.83. The quantitative estimate of drug-likeness (QED) is 0.270. The molecule has 10 radical (unpaired) electrons. The Kier molecular flexibility index (Phi) is 10.5. The maximum absolute atomic E-state index is 12.4. The van der Waals surface area contributed by atoms with Crippen molar-refractivity contribution in [2.75, 3.05) is 6.61 Å². The van der Waals surface area contributed by atoms with Gasteiger partial charge in [0.15, 0.2) is 0 Å². The molecule has 2 aliphatic heterocycles. The van der Waals surface area contributed by atoms with Gasteiger partial charge in [0.05, 0.1) is 12.0 Å². The minimum absolute atomic E-state index is 0. The molecular weight excluding hydrogens is 442 g/mol. The van der Waals surface area contributed by atoms with Gasteiger partial charge in [-0.05, 0) is 83.5 Å². The van der Waals surface area contributed by atoms with Crippen LogP contribution in [0, 0.1) is 69.6 Å². The van der Waals surface area contributed by atoms with Crippen molar-refractivity contribution in [3.05, 3.63) is 87.0 Å². The zero-order valence-electron chi connectivity index (χ0n) is 16.7. The Morgan fingerprint density at radius 3 is 2.33 bits per heavy atom. The van der Waals surface area contributed by atoms with Crippen LogP contribution in [0.4, 0.5) is 0 Å². The summed E-state index contributed by atoms with van der Waals surface area (Å²) in [5.74, 6) is 0.0133. The summed E-state index contributed by atoms with van der Waals surface area (Å²) in [6.45, 7) is 5.25. The molecule has 2 saturated carbocycles. The fourth-order valence-electron chi connectivity index (χ4n) is 3.38. The minimum atomic E-state index is -0.730. The average molecular weight is 467 g/mol. The van der Waals surface area contributed by atoms with Crippen LogP contribution in [0.5, 0.6) is 0 Å². The molecule has 0 aromatic carbocycles. The van der Waals surface area contributed by atoms with E-state index in [-0.39, 0.29) is 35.0 Å². The molecule has 3 atom stereocenters. The Morgan fingerprint density at radius 2 is 1.80 bits per heavy atom. The number of fused-ring (bicyclic) bond motifs is 1. The molecule has 0 aromatic heterocycles. The molecule has 2 aliphatic carbocycles. The summed E-state index contributed by atoms with van der Waals surface area (Å²) in [7, 11) is 0. The second kappa shape index (κ2) is 12.3. The largest absolute Gasteiger partial charge is 2.00 e. The Hall–Kier alpha value is -0.751. The molecule has 30 heavy (non-hydrogen) atoms. The Morgan fingerprint density at radius 1 is 1.20 bits per heavy atom. The number of rotatable bonds is 7. The number of carbonyl (C=O) groups is 2. The number of aliphatic hydroxyl groups excluding tert-OH is 1. The molecule has 4 aliphatic rings. The molecule has 0 unspecified atom stereocenters. The zero-order valence-corrected chi connectivity index (χ0v) is 18.6. The number of nitrogens with zero attached hydrogens (tertiary/aromatic N) is 1. The fraction of sp³-hybridized carbons (Fsp3) is 0.304. The van der Waals surface area contributed by atoms with Crippen LogP contribution in [-0.2, 0) is 31.4 Å². The van der Waals surface area contributed by atoms with Crippen LogP contribution < -0.4 is 0 Å². The predicted octanol–water partition coefficient (Wildman–Crippen LogP) is 3.04. The third-order valence-corrected chi connectivity index (χ3v) is 6.25. The molecule has 0 bridgehead atoms. The number of aliphatic hydroxyl groups is 1. The van der Waals surface area contributed by atoms with E-state index < -0.39 is 18.0 Å². The topological polar surface area (TPSA) is 66.8 Å². The second-order valence-corrected chi connectivity index (χ2v) is 8.11. The van der Waals surface area contributed by atoms with Crippen molar-refractivity contribution in [2.24, 2.45) is 5.92 Å². The van der Waals surface area contributed by atoms with Crippen molar-refractivity contribution >= 4 is 23.6 Å². The second-order valence-electron chi connectivity index (χ2n) is 6.90. The van der Waals surface area contributed by atoms with E-state index in [4.69, 9.17) is 4.74 Å². The van der Waals surface area contributed by atoms with Gasteiger partial charge in [0.1, 0.15) is 17.7 Å². The molecule has 0 spiro atoms. The molecule has 1 amide bonds. The van der Waals surface area contributed by atoms with Crippen molar-refractivity contribution in [1.82, 2.24) is 4.90 Å². The van der Waals surface area contributed by atoms with Gasteiger partial charge in [-0.3, -0.25) is 9.69 Å². The normalized spacial score (nSPS) is 26.3. The number of hydrogen-bond donors (Lipinski definition) is 1. The van der Waals surface area contributed by atoms with Crippen LogP contribution in [0.3, 0.4) is 0 Å². The molecule has 1 N–H and O–H groups in total. The summed E-state index contributed by atoms with van der Waals surface area (Å²) < 4.78 is 5.15. The van der Waals surface area contributed by atoms with Crippen LogP contribution in [0.15, 0.2) is 23.3 Å². The van der Waals surface area contributed by atoms with Gasteiger partial charge in [-0.1, -0.05) is 12.7 Å². The number of hydrogen-bond acceptors (Lipinski definition) is 5. The van der Waals surface area contributed by atoms with Crippen molar-refractivity contribution in [2.45, 2.75) is 31.2 Å². The maximum atomic E-state index is 12.4. The number of β-lactam (4-membered cyclic amide) rings is 1. The molecule has 2 heterocycles. The molecule has 7 heteroatoms. The first-order chi connectivity index (χ1) is 14.0. The molecule has 3 fully saturated rings. The monoisotopic (exact) mass is 467 g/mol. The fourth-order valence-corrected chi connectivity index (χ4v) is 4.99. The van der Waals surface area contributed by atoms with Crippen molar-refractivity contribution in [3.8, 4) is 0 Å². The number of thioether (sulfide) groups is 1. The van der Waals surface area contributed by atoms with Crippen molar-refractivity contribution in [3.63, 3.8) is 0 Å². The first kappa shape index (κ1) is 25.5. The van der Waals surface area contributed by atoms with Gasteiger partial charge in [-0.2, -0.15) is 0 Å². The predicted molar refractivity (Wildman–Crippen MR) is 113 cm³/mol. The number of allylic oxidation sites excluding steroid dienone is 1.